The van der Waals surface area contributed by atoms with Gasteiger partial charge in [0.2, 0.25) is 0 Å². The van der Waals surface area contributed by atoms with Crippen LogP contribution in [0.3, 0.4) is 0 Å². The van der Waals surface area contributed by atoms with Gasteiger partial charge in [-0.05, 0) is 25.5 Å². The molecule has 0 aromatic heterocycles. The number of hydrogen-bond acceptors (Lipinski definition) is 0. The molecule has 0 amide bonds. The molecule has 4 heteroatoms. The molecule has 0 heterocycles. The third-order valence-electron chi connectivity index (χ3n) is 2.42. The van der Waals surface area contributed by atoms with E-state index in [2.05, 4.69) is 24.3 Å². The normalized spacial score (nSPS) is 11.1. The van der Waals surface area contributed by atoms with Gasteiger partial charge in [0.1, 0.15) is 4.07 Å². The smallest absolute Gasteiger partial charge is 0.0961 e. The molecule has 0 saturated heterocycles. The minimum absolute atomic E-state index is 0. The number of hydrogen-bond donors (Lipinski definition) is 0. The minimum Gasteiger partial charge on any atom is -0.0961 e. The summed E-state index contributed by atoms with van der Waals surface area (Å²) in [6.45, 7) is 1.86. The third kappa shape index (κ3) is 4.06. The summed E-state index contributed by atoms with van der Waals surface area (Å²) in [5.41, 5.74) is 0. The van der Waals surface area contributed by atoms with Gasteiger partial charge >= 0.3 is 20.4 Å². The van der Waals surface area contributed by atoms with Crippen LogP contribution in [0.1, 0.15) is 6.92 Å². The number of alkyl halides is 2. The molecular weight excluding hydrogens is 376 g/mol. The SMILES string of the molecule is CC(Cl)(Cl)P(c1ccccc1)c1ccccc1.[Pd+2]. The van der Waals surface area contributed by atoms with Crippen molar-refractivity contribution >= 4 is 41.7 Å². The predicted octanol–water partition coefficient (Wildman–Crippen LogP) is 4.27. The van der Waals surface area contributed by atoms with E-state index < -0.39 is 12.0 Å². The molecular formula is C14H13Cl2PPd+2. The summed E-state index contributed by atoms with van der Waals surface area (Å²) in [6.07, 6.45) is 0. The maximum absolute atomic E-state index is 6.36. The van der Waals surface area contributed by atoms with E-state index in [1.807, 2.05) is 43.3 Å². The monoisotopic (exact) mass is 388 g/mol. The Hall–Kier alpha value is 0.112. The Balaban J connectivity index is 0.00000162. The number of rotatable bonds is 3. The second-order valence-electron chi connectivity index (χ2n) is 3.85. The van der Waals surface area contributed by atoms with Crippen LogP contribution < -0.4 is 10.6 Å². The summed E-state index contributed by atoms with van der Waals surface area (Å²) in [5, 5.41) is 2.39. The van der Waals surface area contributed by atoms with Crippen LogP contribution in [0.2, 0.25) is 0 Å². The van der Waals surface area contributed by atoms with Gasteiger partial charge in [-0.2, -0.15) is 0 Å². The van der Waals surface area contributed by atoms with Gasteiger partial charge in [0, 0.05) is 0 Å². The second kappa shape index (κ2) is 7.04. The average molecular weight is 390 g/mol. The Morgan fingerprint density at radius 2 is 1.11 bits per heavy atom. The number of benzene rings is 2. The van der Waals surface area contributed by atoms with Crippen molar-refractivity contribution in [2.45, 2.75) is 11.0 Å². The summed E-state index contributed by atoms with van der Waals surface area (Å²) in [7, 11) is -0.761. The first-order valence-electron chi connectivity index (χ1n) is 5.37. The Bertz CT molecular complexity index is 429. The largest absolute Gasteiger partial charge is 2.00 e. The van der Waals surface area contributed by atoms with Crippen molar-refractivity contribution in [3.63, 3.8) is 0 Å². The molecule has 2 rings (SSSR count). The molecule has 2 aromatic rings. The van der Waals surface area contributed by atoms with Crippen molar-refractivity contribution in [1.82, 2.24) is 0 Å². The van der Waals surface area contributed by atoms with E-state index in [0.717, 1.165) is 0 Å². The van der Waals surface area contributed by atoms with Crippen LogP contribution in [-0.4, -0.2) is 4.07 Å². The molecule has 0 atom stereocenters. The first-order valence-corrected chi connectivity index (χ1v) is 7.47. The molecule has 0 aliphatic rings. The molecule has 0 aliphatic carbocycles. The Kier molecular flexibility index (Phi) is 6.33. The fourth-order valence-electron chi connectivity index (χ4n) is 1.76. The zero-order valence-corrected chi connectivity index (χ0v) is 13.8. The van der Waals surface area contributed by atoms with Crippen LogP contribution in [-0.2, 0) is 20.4 Å². The summed E-state index contributed by atoms with van der Waals surface area (Å²) in [6, 6.07) is 20.4. The van der Waals surface area contributed by atoms with Gasteiger partial charge in [-0.15, -0.1) is 0 Å². The van der Waals surface area contributed by atoms with Crippen molar-refractivity contribution in [3.8, 4) is 0 Å². The van der Waals surface area contributed by atoms with Crippen molar-refractivity contribution in [2.24, 2.45) is 0 Å². The van der Waals surface area contributed by atoms with E-state index in [1.54, 1.807) is 0 Å². The predicted molar refractivity (Wildman–Crippen MR) is 79.2 cm³/mol. The van der Waals surface area contributed by atoms with E-state index in [4.69, 9.17) is 23.2 Å². The Morgan fingerprint density at radius 1 is 0.778 bits per heavy atom. The molecule has 0 aliphatic heterocycles. The third-order valence-corrected chi connectivity index (χ3v) is 5.85. The molecule has 96 valence electrons. The molecule has 18 heavy (non-hydrogen) atoms. The Labute approximate surface area is 133 Å². The maximum Gasteiger partial charge on any atom is 2.00 e. The van der Waals surface area contributed by atoms with Crippen molar-refractivity contribution in [1.29, 1.82) is 0 Å². The first-order chi connectivity index (χ1) is 8.09. The van der Waals surface area contributed by atoms with Crippen molar-refractivity contribution < 1.29 is 20.4 Å². The molecule has 0 fully saturated rings. The first kappa shape index (κ1) is 16.2. The molecule has 0 spiro atoms. The van der Waals surface area contributed by atoms with Gasteiger partial charge in [0.25, 0.3) is 0 Å². The van der Waals surface area contributed by atoms with E-state index in [9.17, 15) is 0 Å². The van der Waals surface area contributed by atoms with Crippen molar-refractivity contribution in [3.05, 3.63) is 60.7 Å². The summed E-state index contributed by atoms with van der Waals surface area (Å²) >= 11 is 12.7. The maximum atomic E-state index is 6.36. The number of halogens is 2. The molecule has 0 bridgehead atoms. The molecule has 0 radical (unpaired) electrons. The Morgan fingerprint density at radius 3 is 1.39 bits per heavy atom. The zero-order chi connectivity index (χ0) is 12.3. The van der Waals surface area contributed by atoms with Gasteiger partial charge in [0.15, 0.2) is 0 Å². The molecule has 2 aromatic carbocycles. The minimum atomic E-state index is -0.766. The van der Waals surface area contributed by atoms with Crippen LogP contribution in [0.15, 0.2) is 60.7 Å². The van der Waals surface area contributed by atoms with E-state index in [1.165, 1.54) is 10.6 Å². The van der Waals surface area contributed by atoms with Gasteiger partial charge in [-0.1, -0.05) is 83.9 Å². The quantitative estimate of drug-likeness (QED) is 0.418. The van der Waals surface area contributed by atoms with Crippen LogP contribution in [0.25, 0.3) is 0 Å². The molecule has 0 unspecified atom stereocenters. The fourth-order valence-corrected chi connectivity index (χ4v) is 5.07. The summed E-state index contributed by atoms with van der Waals surface area (Å²) < 4.78 is -0.766. The van der Waals surface area contributed by atoms with Crippen LogP contribution in [0.5, 0.6) is 0 Å². The summed E-state index contributed by atoms with van der Waals surface area (Å²) in [4.78, 5) is 0. The zero-order valence-electron chi connectivity index (χ0n) is 9.79. The topological polar surface area (TPSA) is 0 Å². The second-order valence-corrected chi connectivity index (χ2v) is 8.68. The standard InChI is InChI=1S/C14H13Cl2P.Pd/c1-14(15,16)17(12-8-4-2-5-9-12)13-10-6-3-7-11-13;/h2-11H,1H3;/q;+2. The van der Waals surface area contributed by atoms with E-state index in [0.29, 0.717) is 0 Å². The van der Waals surface area contributed by atoms with E-state index >= 15 is 0 Å². The molecule has 0 saturated carbocycles. The van der Waals surface area contributed by atoms with Gasteiger partial charge < -0.3 is 0 Å². The van der Waals surface area contributed by atoms with E-state index in [-0.39, 0.29) is 20.4 Å². The molecule has 0 nitrogen and oxygen atoms in total. The van der Waals surface area contributed by atoms with Crippen molar-refractivity contribution in [2.75, 3.05) is 0 Å². The van der Waals surface area contributed by atoms with Crippen LogP contribution in [0.4, 0.5) is 0 Å². The van der Waals surface area contributed by atoms with Crippen LogP contribution in [0, 0.1) is 0 Å². The van der Waals surface area contributed by atoms with Gasteiger partial charge in [0.05, 0.1) is 0 Å². The fraction of sp³-hybridized carbons (Fsp3) is 0.143. The van der Waals surface area contributed by atoms with Gasteiger partial charge in [-0.3, -0.25) is 0 Å². The van der Waals surface area contributed by atoms with Gasteiger partial charge in [-0.25, -0.2) is 0 Å². The van der Waals surface area contributed by atoms with Crippen LogP contribution >= 0.6 is 31.1 Å². The summed E-state index contributed by atoms with van der Waals surface area (Å²) in [5.74, 6) is 0. The molecule has 0 N–H and O–H groups in total. The average Bonchev–Trinajstić information content (AvgIpc) is 2.30.